The van der Waals surface area contributed by atoms with E-state index in [9.17, 15) is 22.8 Å². The van der Waals surface area contributed by atoms with Crippen LogP contribution in [-0.4, -0.2) is 18.4 Å². The predicted molar refractivity (Wildman–Crippen MR) is 77.2 cm³/mol. The molecule has 0 aliphatic rings. The van der Waals surface area contributed by atoms with Crippen LogP contribution in [0.25, 0.3) is 0 Å². The Balaban J connectivity index is 2.50. The number of alkyl halides is 3. The lowest BCUT2D eigenvalue weighted by Gasteiger charge is -2.10. The summed E-state index contributed by atoms with van der Waals surface area (Å²) < 4.78 is 37.6. The van der Waals surface area contributed by atoms with Crippen molar-refractivity contribution >= 4 is 17.5 Å². The van der Waals surface area contributed by atoms with Crippen molar-refractivity contribution < 1.29 is 22.8 Å². The average molecular weight is 316 g/mol. The monoisotopic (exact) mass is 316 g/mol. The highest BCUT2D eigenvalue weighted by atomic mass is 19.4. The zero-order chi connectivity index (χ0) is 16.8. The van der Waals surface area contributed by atoms with Crippen molar-refractivity contribution in [3.05, 3.63) is 29.8 Å². The largest absolute Gasteiger partial charge is 0.416 e. The van der Waals surface area contributed by atoms with Gasteiger partial charge in [-0.3, -0.25) is 9.59 Å². The Morgan fingerprint density at radius 3 is 2.45 bits per heavy atom. The lowest BCUT2D eigenvalue weighted by Crippen LogP contribution is -2.29. The minimum absolute atomic E-state index is 0.00908. The minimum Gasteiger partial charge on any atom is -0.356 e. The molecule has 0 aliphatic carbocycles. The van der Waals surface area contributed by atoms with Gasteiger partial charge in [-0.25, -0.2) is 0 Å². The summed E-state index contributed by atoms with van der Waals surface area (Å²) in [6, 6.07) is 4.27. The standard InChI is InChI=1S/C15H19F3N2O2/c1-10(2)6-7-19-13(21)9-14(22)20-12-5-3-4-11(8-12)15(16,17)18/h3-5,8,10H,6-7,9H2,1-2H3,(H,19,21)(H,20,22). The first-order valence-electron chi connectivity index (χ1n) is 6.92. The summed E-state index contributed by atoms with van der Waals surface area (Å²) in [5, 5.41) is 4.87. The summed E-state index contributed by atoms with van der Waals surface area (Å²) in [6.07, 6.45) is -4.11. The second-order valence-corrected chi connectivity index (χ2v) is 5.34. The van der Waals surface area contributed by atoms with Gasteiger partial charge in [-0.15, -0.1) is 0 Å². The van der Waals surface area contributed by atoms with Gasteiger partial charge in [0.15, 0.2) is 0 Å². The minimum atomic E-state index is -4.48. The lowest BCUT2D eigenvalue weighted by atomic mass is 10.1. The maximum Gasteiger partial charge on any atom is 0.416 e. The van der Waals surface area contributed by atoms with Crippen LogP contribution in [0.3, 0.4) is 0 Å². The Labute approximate surface area is 127 Å². The summed E-state index contributed by atoms with van der Waals surface area (Å²) in [7, 11) is 0. The van der Waals surface area contributed by atoms with Crippen molar-refractivity contribution in [2.24, 2.45) is 5.92 Å². The molecule has 0 aliphatic heterocycles. The van der Waals surface area contributed by atoms with Crippen molar-refractivity contribution in [3.63, 3.8) is 0 Å². The first-order chi connectivity index (χ1) is 10.2. The summed E-state index contributed by atoms with van der Waals surface area (Å²) >= 11 is 0. The lowest BCUT2D eigenvalue weighted by molar-refractivity contribution is -0.137. The topological polar surface area (TPSA) is 58.2 Å². The van der Waals surface area contributed by atoms with Crippen LogP contribution in [0.1, 0.15) is 32.3 Å². The van der Waals surface area contributed by atoms with E-state index in [4.69, 9.17) is 0 Å². The second kappa shape index (κ2) is 7.82. The molecule has 0 fully saturated rings. The molecule has 4 nitrogen and oxygen atoms in total. The van der Waals surface area contributed by atoms with Gasteiger partial charge in [-0.05, 0) is 30.5 Å². The molecule has 122 valence electrons. The van der Waals surface area contributed by atoms with Crippen LogP contribution >= 0.6 is 0 Å². The van der Waals surface area contributed by atoms with E-state index in [1.165, 1.54) is 12.1 Å². The van der Waals surface area contributed by atoms with E-state index in [1.54, 1.807) is 0 Å². The van der Waals surface area contributed by atoms with Crippen LogP contribution in [-0.2, 0) is 15.8 Å². The third-order valence-electron chi connectivity index (χ3n) is 2.84. The van der Waals surface area contributed by atoms with Gasteiger partial charge in [0, 0.05) is 12.2 Å². The van der Waals surface area contributed by atoms with E-state index in [2.05, 4.69) is 10.6 Å². The fourth-order valence-electron chi connectivity index (χ4n) is 1.69. The molecule has 0 atom stereocenters. The first kappa shape index (κ1) is 18.0. The number of carbonyl (C=O) groups excluding carboxylic acids is 2. The van der Waals surface area contributed by atoms with E-state index < -0.39 is 30.0 Å². The van der Waals surface area contributed by atoms with E-state index >= 15 is 0 Å². The van der Waals surface area contributed by atoms with Crippen molar-refractivity contribution in [3.8, 4) is 0 Å². The van der Waals surface area contributed by atoms with Gasteiger partial charge in [0.2, 0.25) is 11.8 Å². The molecule has 0 heterocycles. The smallest absolute Gasteiger partial charge is 0.356 e. The maximum atomic E-state index is 12.5. The van der Waals surface area contributed by atoms with Crippen LogP contribution in [0.2, 0.25) is 0 Å². The number of halogens is 3. The number of benzene rings is 1. The van der Waals surface area contributed by atoms with E-state index in [1.807, 2.05) is 13.8 Å². The van der Waals surface area contributed by atoms with E-state index in [-0.39, 0.29) is 5.69 Å². The Morgan fingerprint density at radius 1 is 1.18 bits per heavy atom. The van der Waals surface area contributed by atoms with E-state index in [0.717, 1.165) is 18.6 Å². The molecule has 22 heavy (non-hydrogen) atoms. The molecule has 1 aromatic carbocycles. The number of amides is 2. The normalized spacial score (nSPS) is 11.4. The van der Waals surface area contributed by atoms with Crippen molar-refractivity contribution in [1.82, 2.24) is 5.32 Å². The SMILES string of the molecule is CC(C)CCNC(=O)CC(=O)Nc1cccc(C(F)(F)F)c1. The maximum absolute atomic E-state index is 12.5. The third-order valence-corrected chi connectivity index (χ3v) is 2.84. The first-order valence-corrected chi connectivity index (χ1v) is 6.92. The van der Waals surface area contributed by atoms with E-state index in [0.29, 0.717) is 12.5 Å². The predicted octanol–water partition coefficient (Wildman–Crippen LogP) is 3.20. The Hall–Kier alpha value is -2.05. The zero-order valence-corrected chi connectivity index (χ0v) is 12.5. The molecule has 1 aromatic rings. The van der Waals surface area contributed by atoms with Gasteiger partial charge < -0.3 is 10.6 Å². The van der Waals surface area contributed by atoms with Crippen molar-refractivity contribution in [1.29, 1.82) is 0 Å². The van der Waals surface area contributed by atoms with Crippen LogP contribution in [0.4, 0.5) is 18.9 Å². The molecule has 0 bridgehead atoms. The number of hydrogen-bond acceptors (Lipinski definition) is 2. The number of hydrogen-bond donors (Lipinski definition) is 2. The molecule has 0 unspecified atom stereocenters. The summed E-state index contributed by atoms with van der Waals surface area (Å²) in [4.78, 5) is 23.1. The molecule has 0 spiro atoms. The summed E-state index contributed by atoms with van der Waals surface area (Å²) in [5.41, 5.74) is -0.846. The van der Waals surface area contributed by atoms with Crippen LogP contribution in [0.15, 0.2) is 24.3 Å². The Kier molecular flexibility index (Phi) is 6.39. The molecule has 0 radical (unpaired) electrons. The van der Waals surface area contributed by atoms with Gasteiger partial charge in [0.1, 0.15) is 6.42 Å². The number of rotatable bonds is 6. The van der Waals surface area contributed by atoms with Crippen molar-refractivity contribution in [2.45, 2.75) is 32.9 Å². The van der Waals surface area contributed by atoms with Gasteiger partial charge in [-0.2, -0.15) is 13.2 Å². The fourth-order valence-corrected chi connectivity index (χ4v) is 1.69. The molecule has 0 saturated heterocycles. The van der Waals surface area contributed by atoms with Crippen LogP contribution < -0.4 is 10.6 Å². The van der Waals surface area contributed by atoms with Crippen molar-refractivity contribution in [2.75, 3.05) is 11.9 Å². The number of anilines is 1. The molecular weight excluding hydrogens is 297 g/mol. The van der Waals surface area contributed by atoms with Gasteiger partial charge in [-0.1, -0.05) is 19.9 Å². The molecule has 0 aromatic heterocycles. The zero-order valence-electron chi connectivity index (χ0n) is 12.5. The molecule has 2 amide bonds. The average Bonchev–Trinajstić information content (AvgIpc) is 2.37. The van der Waals surface area contributed by atoms with Gasteiger partial charge >= 0.3 is 6.18 Å². The third kappa shape index (κ3) is 6.60. The number of carbonyl (C=O) groups is 2. The molecule has 2 N–H and O–H groups in total. The van der Waals surface area contributed by atoms with Crippen LogP contribution in [0, 0.1) is 5.92 Å². The highest BCUT2D eigenvalue weighted by molar-refractivity contribution is 6.03. The Bertz CT molecular complexity index is 528. The summed E-state index contributed by atoms with van der Waals surface area (Å²) in [6.45, 7) is 4.48. The summed E-state index contributed by atoms with van der Waals surface area (Å²) in [5.74, 6) is -0.675. The quantitative estimate of drug-likeness (QED) is 0.792. The molecule has 1 rings (SSSR count). The van der Waals surface area contributed by atoms with Gasteiger partial charge in [0.05, 0.1) is 5.56 Å². The molecule has 7 heteroatoms. The highest BCUT2D eigenvalue weighted by Gasteiger charge is 2.30. The second-order valence-electron chi connectivity index (χ2n) is 5.34. The highest BCUT2D eigenvalue weighted by Crippen LogP contribution is 2.30. The van der Waals surface area contributed by atoms with Crippen LogP contribution in [0.5, 0.6) is 0 Å². The van der Waals surface area contributed by atoms with Gasteiger partial charge in [0.25, 0.3) is 0 Å². The Morgan fingerprint density at radius 2 is 1.86 bits per heavy atom. The molecule has 0 saturated carbocycles. The molecular formula is C15H19F3N2O2. The fraction of sp³-hybridized carbons (Fsp3) is 0.467. The number of nitrogens with one attached hydrogen (secondary N) is 2.